The largest absolute Gasteiger partial charge is 0.465 e. The molecule has 2 aromatic rings. The third-order valence-corrected chi connectivity index (χ3v) is 8.26. The van der Waals surface area contributed by atoms with Gasteiger partial charge in [-0.25, -0.2) is 17.5 Å². The van der Waals surface area contributed by atoms with Crippen LogP contribution in [0, 0.1) is 24.7 Å². The highest BCUT2D eigenvalue weighted by Crippen LogP contribution is 2.42. The Morgan fingerprint density at radius 3 is 2.22 bits per heavy atom. The standard InChI is InChI=1S/C24H25NO6S/c1-15-3-10-19(11-4-15)32(29,30)25-14-16-5-12-20(21(13-16)23(25)27)22(26)17-6-8-18(9-7-17)24(28)31-2/h3-4,6-11,16,20-21H,5,12-14H2,1-2H3/t16-,20+,21-/m1/s1. The normalized spacial score (nSPS) is 23.0. The van der Waals surface area contributed by atoms with Crippen molar-refractivity contribution < 1.29 is 27.5 Å². The number of rotatable bonds is 5. The first-order valence-corrected chi connectivity index (χ1v) is 12.0. The second-order valence-electron chi connectivity index (χ2n) is 8.51. The van der Waals surface area contributed by atoms with Crippen molar-refractivity contribution in [3.63, 3.8) is 0 Å². The molecule has 32 heavy (non-hydrogen) atoms. The van der Waals surface area contributed by atoms with Crippen molar-refractivity contribution in [2.24, 2.45) is 17.8 Å². The van der Waals surface area contributed by atoms with E-state index in [0.717, 1.165) is 9.87 Å². The molecule has 168 valence electrons. The maximum atomic E-state index is 13.3. The van der Waals surface area contributed by atoms with Crippen molar-refractivity contribution in [3.8, 4) is 0 Å². The number of Topliss-reactive ketones (excluding diaryl/α,β-unsaturated/α-hetero) is 1. The van der Waals surface area contributed by atoms with Gasteiger partial charge in [-0.3, -0.25) is 9.59 Å². The first kappa shape index (κ1) is 22.2. The molecule has 2 aromatic carbocycles. The molecule has 0 radical (unpaired) electrons. The van der Waals surface area contributed by atoms with Gasteiger partial charge in [0.15, 0.2) is 5.78 Å². The zero-order valence-corrected chi connectivity index (χ0v) is 18.8. The molecule has 1 amide bonds. The fourth-order valence-electron chi connectivity index (χ4n) is 4.68. The Bertz CT molecular complexity index is 1150. The number of carbonyl (C=O) groups is 3. The molecule has 7 nitrogen and oxygen atoms in total. The molecule has 0 aromatic heterocycles. The number of hydrogen-bond donors (Lipinski definition) is 0. The van der Waals surface area contributed by atoms with Crippen LogP contribution in [0.4, 0.5) is 0 Å². The van der Waals surface area contributed by atoms with Crippen LogP contribution in [0.2, 0.25) is 0 Å². The number of piperidine rings is 1. The summed E-state index contributed by atoms with van der Waals surface area (Å²) in [4.78, 5) is 38.2. The van der Waals surface area contributed by atoms with Crippen LogP contribution in [-0.2, 0) is 19.6 Å². The molecule has 2 aliphatic rings. The fraction of sp³-hybridized carbons (Fsp3) is 0.375. The summed E-state index contributed by atoms with van der Waals surface area (Å²) in [5.74, 6) is -2.42. The minimum atomic E-state index is -3.98. The SMILES string of the molecule is COC(=O)c1ccc(C(=O)[C@H]2CC[C@@H]3C[C@H]2C(=O)N(S(=O)(=O)c2ccc(C)cc2)C3)cc1. The molecule has 4 rings (SSSR count). The van der Waals surface area contributed by atoms with Crippen LogP contribution in [-0.4, -0.2) is 44.0 Å². The number of amides is 1. The summed E-state index contributed by atoms with van der Waals surface area (Å²) in [6, 6.07) is 12.5. The summed E-state index contributed by atoms with van der Waals surface area (Å²) in [5, 5.41) is 0. The lowest BCUT2D eigenvalue weighted by molar-refractivity contribution is -0.138. The molecular weight excluding hydrogens is 430 g/mol. The topological polar surface area (TPSA) is 97.8 Å². The second kappa shape index (κ2) is 8.50. The molecule has 1 saturated carbocycles. The number of sulfonamides is 1. The number of benzene rings is 2. The summed E-state index contributed by atoms with van der Waals surface area (Å²) >= 11 is 0. The summed E-state index contributed by atoms with van der Waals surface area (Å²) in [6.45, 7) is 2.01. The molecule has 2 fully saturated rings. The van der Waals surface area contributed by atoms with E-state index in [-0.39, 0.29) is 23.1 Å². The van der Waals surface area contributed by atoms with E-state index >= 15 is 0 Å². The Balaban J connectivity index is 1.59. The van der Waals surface area contributed by atoms with E-state index in [1.54, 1.807) is 24.3 Å². The van der Waals surface area contributed by atoms with Crippen molar-refractivity contribution in [2.75, 3.05) is 13.7 Å². The van der Waals surface area contributed by atoms with Gasteiger partial charge in [-0.2, -0.15) is 0 Å². The smallest absolute Gasteiger partial charge is 0.337 e. The Morgan fingerprint density at radius 2 is 1.59 bits per heavy atom. The molecule has 1 heterocycles. The number of aryl methyl sites for hydroxylation is 1. The zero-order chi connectivity index (χ0) is 23.0. The molecule has 1 aliphatic carbocycles. The van der Waals surface area contributed by atoms with E-state index in [0.29, 0.717) is 30.4 Å². The van der Waals surface area contributed by atoms with Crippen molar-refractivity contribution in [2.45, 2.75) is 31.1 Å². The Labute approximate surface area is 187 Å². The van der Waals surface area contributed by atoms with Crippen LogP contribution in [0.5, 0.6) is 0 Å². The Kier molecular flexibility index (Phi) is 5.90. The van der Waals surface area contributed by atoms with E-state index in [9.17, 15) is 22.8 Å². The lowest BCUT2D eigenvalue weighted by Crippen LogP contribution is -2.53. The molecule has 8 heteroatoms. The number of carbonyl (C=O) groups excluding carboxylic acids is 3. The molecule has 0 N–H and O–H groups in total. The number of ether oxygens (including phenoxy) is 1. The zero-order valence-electron chi connectivity index (χ0n) is 18.0. The highest BCUT2D eigenvalue weighted by Gasteiger charge is 2.48. The second-order valence-corrected chi connectivity index (χ2v) is 10.4. The lowest BCUT2D eigenvalue weighted by atomic mass is 9.69. The van der Waals surface area contributed by atoms with Crippen molar-refractivity contribution in [1.29, 1.82) is 0 Å². The molecule has 2 bridgehead atoms. The fourth-order valence-corrected chi connectivity index (χ4v) is 6.19. The van der Waals surface area contributed by atoms with Gasteiger partial charge in [0.2, 0.25) is 5.91 Å². The highest BCUT2D eigenvalue weighted by molar-refractivity contribution is 7.89. The van der Waals surface area contributed by atoms with Crippen LogP contribution in [0.25, 0.3) is 0 Å². The molecule has 3 atom stereocenters. The number of methoxy groups -OCH3 is 1. The minimum absolute atomic E-state index is 0.0451. The number of fused-ring (bicyclic) bond motifs is 2. The van der Waals surface area contributed by atoms with Crippen LogP contribution in [0.1, 0.15) is 45.5 Å². The van der Waals surface area contributed by atoms with Crippen molar-refractivity contribution in [1.82, 2.24) is 4.31 Å². The molecule has 0 spiro atoms. The predicted molar refractivity (Wildman–Crippen MR) is 117 cm³/mol. The Hall–Kier alpha value is -3.00. The van der Waals surface area contributed by atoms with Gasteiger partial charge in [0.05, 0.1) is 17.6 Å². The molecular formula is C24H25NO6S. The first-order valence-electron chi connectivity index (χ1n) is 10.6. The molecule has 1 saturated heterocycles. The number of nitrogens with zero attached hydrogens (tertiary/aromatic N) is 1. The number of esters is 1. The maximum Gasteiger partial charge on any atom is 0.337 e. The van der Waals surface area contributed by atoms with Gasteiger partial charge in [-0.05, 0) is 56.4 Å². The van der Waals surface area contributed by atoms with E-state index in [4.69, 9.17) is 0 Å². The van der Waals surface area contributed by atoms with Crippen molar-refractivity contribution >= 4 is 27.7 Å². The van der Waals surface area contributed by atoms with E-state index < -0.39 is 33.7 Å². The van der Waals surface area contributed by atoms with Gasteiger partial charge in [0, 0.05) is 23.9 Å². The van der Waals surface area contributed by atoms with Crippen LogP contribution in [0.15, 0.2) is 53.4 Å². The van der Waals surface area contributed by atoms with E-state index in [1.807, 2.05) is 6.92 Å². The average molecular weight is 456 g/mol. The summed E-state index contributed by atoms with van der Waals surface area (Å²) in [7, 11) is -2.70. The summed E-state index contributed by atoms with van der Waals surface area (Å²) < 4.78 is 32.0. The van der Waals surface area contributed by atoms with Gasteiger partial charge in [-0.15, -0.1) is 0 Å². The van der Waals surface area contributed by atoms with Gasteiger partial charge in [0.25, 0.3) is 10.0 Å². The molecule has 0 unspecified atom stereocenters. The average Bonchev–Trinajstić information content (AvgIpc) is 2.81. The minimum Gasteiger partial charge on any atom is -0.465 e. The van der Waals surface area contributed by atoms with Gasteiger partial charge in [-0.1, -0.05) is 29.8 Å². The number of hydrogen-bond acceptors (Lipinski definition) is 6. The highest BCUT2D eigenvalue weighted by atomic mass is 32.2. The monoisotopic (exact) mass is 455 g/mol. The predicted octanol–water partition coefficient (Wildman–Crippen LogP) is 3.23. The maximum absolute atomic E-state index is 13.3. The van der Waals surface area contributed by atoms with Crippen LogP contribution < -0.4 is 0 Å². The molecule has 1 aliphatic heterocycles. The van der Waals surface area contributed by atoms with Crippen LogP contribution in [0.3, 0.4) is 0 Å². The van der Waals surface area contributed by atoms with Crippen LogP contribution >= 0.6 is 0 Å². The first-order chi connectivity index (χ1) is 15.2. The summed E-state index contributed by atoms with van der Waals surface area (Å²) in [5.41, 5.74) is 1.65. The van der Waals surface area contributed by atoms with E-state index in [1.165, 1.54) is 31.4 Å². The third-order valence-electron chi connectivity index (χ3n) is 6.48. The Morgan fingerprint density at radius 1 is 0.969 bits per heavy atom. The quantitative estimate of drug-likeness (QED) is 0.507. The number of ketones is 1. The summed E-state index contributed by atoms with van der Waals surface area (Å²) in [6.07, 6.45) is 1.73. The van der Waals surface area contributed by atoms with Crippen molar-refractivity contribution in [3.05, 3.63) is 65.2 Å². The van der Waals surface area contributed by atoms with Gasteiger partial charge < -0.3 is 4.74 Å². The van der Waals surface area contributed by atoms with Gasteiger partial charge in [0.1, 0.15) is 0 Å². The van der Waals surface area contributed by atoms with Gasteiger partial charge >= 0.3 is 5.97 Å². The third kappa shape index (κ3) is 3.95. The van der Waals surface area contributed by atoms with E-state index in [2.05, 4.69) is 4.74 Å². The lowest BCUT2D eigenvalue weighted by Gasteiger charge is -2.43.